The number of cyclic esters (lactones) is 1. The quantitative estimate of drug-likeness (QED) is 0.684. The molecule has 4 heteroatoms. The van der Waals surface area contributed by atoms with Gasteiger partial charge in [-0.25, -0.2) is 4.79 Å². The molecule has 1 aromatic rings. The lowest BCUT2D eigenvalue weighted by Gasteiger charge is -2.36. The fourth-order valence-electron chi connectivity index (χ4n) is 3.90. The lowest BCUT2D eigenvalue weighted by Crippen LogP contribution is -2.30. The zero-order valence-electron chi connectivity index (χ0n) is 13.5. The third kappa shape index (κ3) is 1.89. The molecule has 1 aliphatic heterocycles. The maximum atomic E-state index is 12.5. The number of carbonyl (C=O) groups is 3. The van der Waals surface area contributed by atoms with Gasteiger partial charge in [-0.1, -0.05) is 13.0 Å². The van der Waals surface area contributed by atoms with Gasteiger partial charge in [0.15, 0.2) is 11.6 Å². The number of ketones is 2. The van der Waals surface area contributed by atoms with E-state index in [1.807, 2.05) is 6.92 Å². The summed E-state index contributed by atoms with van der Waals surface area (Å²) >= 11 is 0. The van der Waals surface area contributed by atoms with Gasteiger partial charge < -0.3 is 4.74 Å². The maximum absolute atomic E-state index is 12.5. The first kappa shape index (κ1) is 14.8. The van der Waals surface area contributed by atoms with Crippen LogP contribution in [0.5, 0.6) is 0 Å². The summed E-state index contributed by atoms with van der Waals surface area (Å²) in [5.41, 5.74) is 3.37. The molecule has 0 bridgehead atoms. The van der Waals surface area contributed by atoms with E-state index < -0.39 is 11.4 Å². The highest BCUT2D eigenvalue weighted by Gasteiger charge is 2.40. The van der Waals surface area contributed by atoms with Crippen LogP contribution < -0.4 is 0 Å². The number of carbonyl (C=O) groups excluding carboxylic acids is 3. The fourth-order valence-corrected chi connectivity index (χ4v) is 3.90. The summed E-state index contributed by atoms with van der Waals surface area (Å²) in [5.74, 6) is -0.955. The molecule has 2 aliphatic carbocycles. The number of benzene rings is 1. The first-order chi connectivity index (χ1) is 11.4. The van der Waals surface area contributed by atoms with Gasteiger partial charge in [0.05, 0.1) is 11.8 Å². The second-order valence-electron chi connectivity index (χ2n) is 6.70. The van der Waals surface area contributed by atoms with E-state index >= 15 is 0 Å². The van der Waals surface area contributed by atoms with Gasteiger partial charge in [-0.15, -0.1) is 0 Å². The van der Waals surface area contributed by atoms with Crippen molar-refractivity contribution in [1.82, 2.24) is 0 Å². The van der Waals surface area contributed by atoms with Crippen LogP contribution in [0.4, 0.5) is 0 Å². The molecule has 4 nitrogen and oxygen atoms in total. The van der Waals surface area contributed by atoms with Crippen LogP contribution in [-0.4, -0.2) is 17.5 Å². The molecular formula is C20H16O4. The topological polar surface area (TPSA) is 60.4 Å². The van der Waals surface area contributed by atoms with Gasteiger partial charge in [0.1, 0.15) is 0 Å². The summed E-state index contributed by atoms with van der Waals surface area (Å²) < 4.78 is 5.33. The highest BCUT2D eigenvalue weighted by Crippen LogP contribution is 2.47. The fraction of sp³-hybridized carbons (Fsp3) is 0.250. The summed E-state index contributed by atoms with van der Waals surface area (Å²) in [7, 11) is 0. The minimum absolute atomic E-state index is 0.206. The Morgan fingerprint density at radius 2 is 1.67 bits per heavy atom. The van der Waals surface area contributed by atoms with E-state index in [4.69, 9.17) is 4.74 Å². The molecule has 120 valence electrons. The van der Waals surface area contributed by atoms with Crippen molar-refractivity contribution in [2.24, 2.45) is 0 Å². The number of esters is 1. The Bertz CT molecular complexity index is 914. The van der Waals surface area contributed by atoms with E-state index in [0.29, 0.717) is 11.1 Å². The second kappa shape index (κ2) is 4.87. The van der Waals surface area contributed by atoms with E-state index in [2.05, 4.69) is 13.0 Å². The number of hydrogen-bond acceptors (Lipinski definition) is 4. The van der Waals surface area contributed by atoms with Crippen LogP contribution in [0.15, 0.2) is 47.8 Å². The summed E-state index contributed by atoms with van der Waals surface area (Å²) in [4.78, 5) is 36.8. The lowest BCUT2D eigenvalue weighted by molar-refractivity contribution is 0.0663. The molecular weight excluding hydrogens is 304 g/mol. The van der Waals surface area contributed by atoms with Gasteiger partial charge in [-0.3, -0.25) is 9.59 Å². The molecule has 0 fully saturated rings. The molecule has 0 saturated carbocycles. The smallest absolute Gasteiger partial charge is 0.343 e. The van der Waals surface area contributed by atoms with Gasteiger partial charge in [-0.05, 0) is 55.2 Å². The minimum atomic E-state index is -0.487. The lowest BCUT2D eigenvalue weighted by atomic mass is 9.66. The van der Waals surface area contributed by atoms with Gasteiger partial charge in [0.25, 0.3) is 0 Å². The van der Waals surface area contributed by atoms with Crippen LogP contribution in [0.2, 0.25) is 0 Å². The first-order valence-electron chi connectivity index (χ1n) is 7.96. The number of hydrogen-bond donors (Lipinski definition) is 0. The largest absolute Gasteiger partial charge is 0.431 e. The third-order valence-electron chi connectivity index (χ3n) is 5.29. The van der Waals surface area contributed by atoms with E-state index in [0.717, 1.165) is 29.6 Å². The molecule has 1 heterocycles. The monoisotopic (exact) mass is 320 g/mol. The minimum Gasteiger partial charge on any atom is -0.431 e. The van der Waals surface area contributed by atoms with Crippen molar-refractivity contribution in [2.45, 2.75) is 32.1 Å². The normalized spacial score (nSPS) is 25.0. The van der Waals surface area contributed by atoms with Crippen molar-refractivity contribution in [3.05, 3.63) is 70.0 Å². The molecule has 0 saturated heterocycles. The van der Waals surface area contributed by atoms with Crippen molar-refractivity contribution in [1.29, 1.82) is 0 Å². The molecule has 0 amide bonds. The zero-order chi connectivity index (χ0) is 17.1. The van der Waals surface area contributed by atoms with E-state index in [1.165, 1.54) is 24.5 Å². The molecule has 4 rings (SSSR count). The Kier molecular flexibility index (Phi) is 3.01. The van der Waals surface area contributed by atoms with Crippen molar-refractivity contribution in [3.63, 3.8) is 0 Å². The van der Waals surface area contributed by atoms with Crippen LogP contribution in [0.25, 0.3) is 0 Å². The highest BCUT2D eigenvalue weighted by molar-refractivity contribution is 6.22. The van der Waals surface area contributed by atoms with Crippen LogP contribution in [0.3, 0.4) is 0 Å². The van der Waals surface area contributed by atoms with Gasteiger partial charge in [-0.2, -0.15) is 0 Å². The van der Waals surface area contributed by atoms with Crippen LogP contribution in [0.1, 0.15) is 63.3 Å². The molecule has 24 heavy (non-hydrogen) atoms. The molecule has 0 N–H and O–H groups in total. The van der Waals surface area contributed by atoms with Crippen molar-refractivity contribution >= 4 is 17.5 Å². The summed E-state index contributed by atoms with van der Waals surface area (Å²) in [5, 5.41) is 0. The molecule has 0 spiro atoms. The highest BCUT2D eigenvalue weighted by atomic mass is 16.5. The number of allylic oxidation sites excluding steroid dienone is 5. The second-order valence-corrected chi connectivity index (χ2v) is 6.70. The first-order valence-corrected chi connectivity index (χ1v) is 7.96. The number of fused-ring (bicyclic) bond motifs is 4. The molecule has 1 unspecified atom stereocenters. The van der Waals surface area contributed by atoms with E-state index in [-0.39, 0.29) is 17.1 Å². The zero-order valence-corrected chi connectivity index (χ0v) is 13.5. The molecule has 0 aromatic heterocycles. The average Bonchev–Trinajstić information content (AvgIpc) is 2.66. The van der Waals surface area contributed by atoms with Crippen LogP contribution >= 0.6 is 0 Å². The predicted molar refractivity (Wildman–Crippen MR) is 88.1 cm³/mol. The summed E-state index contributed by atoms with van der Waals surface area (Å²) in [6.45, 7) is 4.06. The number of ether oxygens (including phenoxy) is 1. The Balaban J connectivity index is 2.03. The van der Waals surface area contributed by atoms with Crippen molar-refractivity contribution in [3.8, 4) is 0 Å². The standard InChI is InChI=1S/C20H16O4/c1-11-4-3-7-20(2)15-9-13-12(17(21)5-6-18(13)22)8-14(15)19(23)24-10-16(11)20/h4-6,8-10H,3,7H2,1-2H3. The van der Waals surface area contributed by atoms with Crippen molar-refractivity contribution in [2.75, 3.05) is 0 Å². The molecule has 3 aliphatic rings. The van der Waals surface area contributed by atoms with Crippen molar-refractivity contribution < 1.29 is 19.1 Å². The summed E-state index contributed by atoms with van der Waals surface area (Å²) in [6, 6.07) is 3.24. The summed E-state index contributed by atoms with van der Waals surface area (Å²) in [6.07, 6.45) is 7.89. The third-order valence-corrected chi connectivity index (χ3v) is 5.29. The van der Waals surface area contributed by atoms with E-state index in [1.54, 1.807) is 6.07 Å². The molecule has 1 atom stereocenters. The van der Waals surface area contributed by atoms with Gasteiger partial charge in [0.2, 0.25) is 0 Å². The average molecular weight is 320 g/mol. The Hall–Kier alpha value is -2.75. The SMILES string of the molecule is CC1=CCCC2(C)C1=COC(=O)c1cc3c(cc12)C(=O)C=CC3=O. The Morgan fingerprint density at radius 3 is 2.38 bits per heavy atom. The van der Waals surface area contributed by atoms with Gasteiger partial charge >= 0.3 is 5.97 Å². The van der Waals surface area contributed by atoms with E-state index in [9.17, 15) is 14.4 Å². The maximum Gasteiger partial charge on any atom is 0.343 e. The Morgan fingerprint density at radius 1 is 1.00 bits per heavy atom. The molecule has 0 radical (unpaired) electrons. The van der Waals surface area contributed by atoms with Crippen LogP contribution in [0, 0.1) is 0 Å². The van der Waals surface area contributed by atoms with Gasteiger partial charge in [0, 0.05) is 22.1 Å². The van der Waals surface area contributed by atoms with Crippen LogP contribution in [-0.2, 0) is 10.2 Å². The predicted octanol–water partition coefficient (Wildman–Crippen LogP) is 3.67. The number of rotatable bonds is 0. The Labute approximate surface area is 139 Å². The molecule has 1 aromatic carbocycles.